The molecule has 1 N–H and O–H groups in total. The summed E-state index contributed by atoms with van der Waals surface area (Å²) in [5.74, 6) is 0.166. The number of non-ortho nitro benzene ring substituents is 1. The SMILES string of the molecule is Cc1cc(C)cc(-c2nc3cc(NC(=O)/C=C/c4cccc([N+](=O)[O-])c4)ccc3o2)c1. The molecule has 4 aromatic rings. The van der Waals surface area contributed by atoms with E-state index in [1.807, 2.05) is 26.0 Å². The predicted octanol–water partition coefficient (Wildman–Crippen LogP) is 5.67. The number of anilines is 1. The van der Waals surface area contributed by atoms with Crippen LogP contribution >= 0.6 is 0 Å². The van der Waals surface area contributed by atoms with Crippen LogP contribution in [0.5, 0.6) is 0 Å². The number of aryl methyl sites for hydroxylation is 2. The maximum atomic E-state index is 12.3. The number of fused-ring (bicyclic) bond motifs is 1. The number of nitrogens with zero attached hydrogens (tertiary/aromatic N) is 2. The number of benzene rings is 3. The third-order valence-electron chi connectivity index (χ3n) is 4.63. The van der Waals surface area contributed by atoms with Gasteiger partial charge in [0.2, 0.25) is 11.8 Å². The molecule has 0 spiro atoms. The van der Waals surface area contributed by atoms with Crippen molar-refractivity contribution in [3.8, 4) is 11.5 Å². The van der Waals surface area contributed by atoms with Crippen molar-refractivity contribution in [1.82, 2.24) is 4.98 Å². The van der Waals surface area contributed by atoms with Crippen molar-refractivity contribution in [1.29, 1.82) is 0 Å². The molecule has 0 unspecified atom stereocenters. The number of amides is 1. The second-order valence-electron chi connectivity index (χ2n) is 7.25. The third-order valence-corrected chi connectivity index (χ3v) is 4.63. The minimum atomic E-state index is -0.475. The number of nitro groups is 1. The van der Waals surface area contributed by atoms with E-state index < -0.39 is 4.92 Å². The number of oxazole rings is 1. The number of nitrogens with one attached hydrogen (secondary N) is 1. The highest BCUT2D eigenvalue weighted by molar-refractivity contribution is 6.02. The van der Waals surface area contributed by atoms with Gasteiger partial charge in [-0.05, 0) is 55.8 Å². The number of nitro benzene ring substituents is 1. The molecule has 0 saturated carbocycles. The van der Waals surface area contributed by atoms with Crippen molar-refractivity contribution in [2.45, 2.75) is 13.8 Å². The summed E-state index contributed by atoms with van der Waals surface area (Å²) < 4.78 is 5.87. The molecule has 0 aliphatic heterocycles. The maximum absolute atomic E-state index is 12.3. The molecule has 1 amide bonds. The van der Waals surface area contributed by atoms with E-state index in [0.717, 1.165) is 16.7 Å². The second-order valence-corrected chi connectivity index (χ2v) is 7.25. The van der Waals surface area contributed by atoms with Gasteiger partial charge >= 0.3 is 0 Å². The van der Waals surface area contributed by atoms with Crippen LogP contribution in [0.1, 0.15) is 16.7 Å². The van der Waals surface area contributed by atoms with Crippen LogP contribution in [0.2, 0.25) is 0 Å². The number of carbonyl (C=O) groups is 1. The number of aromatic nitrogens is 1. The summed E-state index contributed by atoms with van der Waals surface area (Å²) in [7, 11) is 0. The Morgan fingerprint density at radius 3 is 2.58 bits per heavy atom. The molecule has 0 radical (unpaired) electrons. The summed E-state index contributed by atoms with van der Waals surface area (Å²) in [6.45, 7) is 4.04. The molecule has 0 aliphatic rings. The topological polar surface area (TPSA) is 98.3 Å². The molecule has 3 aromatic carbocycles. The second kappa shape index (κ2) is 8.23. The summed E-state index contributed by atoms with van der Waals surface area (Å²) in [5.41, 5.74) is 5.52. The summed E-state index contributed by atoms with van der Waals surface area (Å²) in [4.78, 5) is 27.2. The Balaban J connectivity index is 1.51. The van der Waals surface area contributed by atoms with Crippen molar-refractivity contribution in [3.63, 3.8) is 0 Å². The third kappa shape index (κ3) is 4.67. The predicted molar refractivity (Wildman–Crippen MR) is 120 cm³/mol. The van der Waals surface area contributed by atoms with E-state index in [2.05, 4.69) is 16.4 Å². The van der Waals surface area contributed by atoms with Gasteiger partial charge in [0.05, 0.1) is 4.92 Å². The van der Waals surface area contributed by atoms with Crippen molar-refractivity contribution >= 4 is 34.5 Å². The van der Waals surface area contributed by atoms with E-state index in [9.17, 15) is 14.9 Å². The smallest absolute Gasteiger partial charge is 0.270 e. The monoisotopic (exact) mass is 413 g/mol. The van der Waals surface area contributed by atoms with E-state index in [-0.39, 0.29) is 11.6 Å². The molecule has 0 fully saturated rings. The van der Waals surface area contributed by atoms with Crippen LogP contribution in [0, 0.1) is 24.0 Å². The molecule has 31 heavy (non-hydrogen) atoms. The van der Waals surface area contributed by atoms with Gasteiger partial charge in [-0.1, -0.05) is 29.3 Å². The molecule has 154 valence electrons. The van der Waals surface area contributed by atoms with Gasteiger partial charge < -0.3 is 9.73 Å². The first-order valence-electron chi connectivity index (χ1n) is 9.60. The van der Waals surface area contributed by atoms with E-state index >= 15 is 0 Å². The lowest BCUT2D eigenvalue weighted by Crippen LogP contribution is -2.07. The van der Waals surface area contributed by atoms with Gasteiger partial charge in [-0.2, -0.15) is 0 Å². The molecule has 0 atom stereocenters. The first-order valence-corrected chi connectivity index (χ1v) is 9.60. The van der Waals surface area contributed by atoms with Crippen LogP contribution in [0.3, 0.4) is 0 Å². The Morgan fingerprint density at radius 2 is 1.84 bits per heavy atom. The fraction of sp³-hybridized carbons (Fsp3) is 0.0833. The summed E-state index contributed by atoms with van der Waals surface area (Å²) in [5, 5.41) is 13.6. The Hall–Kier alpha value is -4.26. The van der Waals surface area contributed by atoms with Gasteiger partial charge in [0.25, 0.3) is 5.69 Å². The van der Waals surface area contributed by atoms with Crippen LogP contribution in [0.4, 0.5) is 11.4 Å². The van der Waals surface area contributed by atoms with E-state index in [1.165, 1.54) is 24.3 Å². The Labute approximate surface area is 178 Å². The number of rotatable bonds is 5. The van der Waals surface area contributed by atoms with Crippen LogP contribution in [0.25, 0.3) is 28.6 Å². The van der Waals surface area contributed by atoms with E-state index in [1.54, 1.807) is 30.3 Å². The number of carbonyl (C=O) groups excluding carboxylic acids is 1. The van der Waals surface area contributed by atoms with Crippen molar-refractivity contribution < 1.29 is 14.1 Å². The van der Waals surface area contributed by atoms with Crippen LogP contribution in [-0.4, -0.2) is 15.8 Å². The first kappa shape index (κ1) is 20.0. The Bertz CT molecular complexity index is 1320. The highest BCUT2D eigenvalue weighted by Gasteiger charge is 2.10. The molecule has 7 heteroatoms. The van der Waals surface area contributed by atoms with Gasteiger partial charge in [0.1, 0.15) is 5.52 Å². The summed E-state index contributed by atoms with van der Waals surface area (Å²) in [6, 6.07) is 17.4. The Kier molecular flexibility index (Phi) is 5.32. The van der Waals surface area contributed by atoms with Crippen molar-refractivity contribution in [2.24, 2.45) is 0 Å². The largest absolute Gasteiger partial charge is 0.436 e. The van der Waals surface area contributed by atoms with E-state index in [4.69, 9.17) is 4.42 Å². The van der Waals surface area contributed by atoms with Gasteiger partial charge in [-0.3, -0.25) is 14.9 Å². The zero-order valence-electron chi connectivity index (χ0n) is 17.0. The number of hydrogen-bond donors (Lipinski definition) is 1. The maximum Gasteiger partial charge on any atom is 0.270 e. The lowest BCUT2D eigenvalue weighted by atomic mass is 10.1. The molecule has 4 rings (SSSR count). The van der Waals surface area contributed by atoms with Crippen LogP contribution in [0.15, 0.2) is 71.2 Å². The normalized spacial score (nSPS) is 11.2. The highest BCUT2D eigenvalue weighted by atomic mass is 16.6. The van der Waals surface area contributed by atoms with Gasteiger partial charge in [0.15, 0.2) is 5.58 Å². The van der Waals surface area contributed by atoms with Gasteiger partial charge in [0, 0.05) is 29.5 Å². The molecule has 0 saturated heterocycles. The van der Waals surface area contributed by atoms with Crippen LogP contribution < -0.4 is 5.32 Å². The lowest BCUT2D eigenvalue weighted by molar-refractivity contribution is -0.384. The summed E-state index contributed by atoms with van der Waals surface area (Å²) in [6.07, 6.45) is 2.85. The van der Waals surface area contributed by atoms with Crippen molar-refractivity contribution in [2.75, 3.05) is 5.32 Å². The van der Waals surface area contributed by atoms with E-state index in [0.29, 0.717) is 28.2 Å². The number of hydrogen-bond acceptors (Lipinski definition) is 5. The zero-order chi connectivity index (χ0) is 22.0. The van der Waals surface area contributed by atoms with Crippen molar-refractivity contribution in [3.05, 3.63) is 93.5 Å². The minimum Gasteiger partial charge on any atom is -0.436 e. The van der Waals surface area contributed by atoms with Crippen LogP contribution in [-0.2, 0) is 4.79 Å². The zero-order valence-corrected chi connectivity index (χ0v) is 17.0. The van der Waals surface area contributed by atoms with Gasteiger partial charge in [-0.15, -0.1) is 0 Å². The van der Waals surface area contributed by atoms with Gasteiger partial charge in [-0.25, -0.2) is 4.98 Å². The quantitative estimate of drug-likeness (QED) is 0.258. The summed E-state index contributed by atoms with van der Waals surface area (Å²) >= 11 is 0. The lowest BCUT2D eigenvalue weighted by Gasteiger charge is -2.01. The molecule has 1 aromatic heterocycles. The molecule has 1 heterocycles. The Morgan fingerprint density at radius 1 is 1.06 bits per heavy atom. The average Bonchev–Trinajstić information content (AvgIpc) is 3.15. The fourth-order valence-electron chi connectivity index (χ4n) is 3.32. The minimum absolute atomic E-state index is 0.0290. The molecule has 7 nitrogen and oxygen atoms in total. The average molecular weight is 413 g/mol. The molecular formula is C24H19N3O4. The molecule has 0 aliphatic carbocycles. The first-order chi connectivity index (χ1) is 14.9. The standard InChI is InChI=1S/C24H19N3O4/c1-15-10-16(2)12-18(11-15)24-26-21-14-19(7-8-22(21)31-24)25-23(28)9-6-17-4-3-5-20(13-17)27(29)30/h3-14H,1-2H3,(H,25,28)/b9-6+. The molecule has 0 bridgehead atoms. The fourth-order valence-corrected chi connectivity index (χ4v) is 3.32. The molecular weight excluding hydrogens is 394 g/mol. The highest BCUT2D eigenvalue weighted by Crippen LogP contribution is 2.27.